The maximum atomic E-state index is 5.36. The van der Waals surface area contributed by atoms with Gasteiger partial charge in [-0.25, -0.2) is 9.97 Å². The van der Waals surface area contributed by atoms with Crippen LogP contribution in [0.2, 0.25) is 0 Å². The van der Waals surface area contributed by atoms with Crippen LogP contribution in [0.3, 0.4) is 0 Å². The van der Waals surface area contributed by atoms with Crippen molar-refractivity contribution in [3.8, 4) is 5.75 Å². The second kappa shape index (κ2) is 6.86. The lowest BCUT2D eigenvalue weighted by molar-refractivity contribution is 0.409. The summed E-state index contributed by atoms with van der Waals surface area (Å²) in [4.78, 5) is 10.8. The van der Waals surface area contributed by atoms with Crippen molar-refractivity contribution in [2.45, 2.75) is 13.1 Å². The molecule has 2 rings (SSSR count). The van der Waals surface area contributed by atoms with E-state index in [1.165, 1.54) is 0 Å². The molecular weight excluding hydrogens is 252 g/mol. The molecule has 1 N–H and O–H groups in total. The van der Waals surface area contributed by atoms with E-state index in [4.69, 9.17) is 4.74 Å². The summed E-state index contributed by atoms with van der Waals surface area (Å²) in [7, 11) is 5.56. The van der Waals surface area contributed by atoms with Crippen molar-refractivity contribution in [2.75, 3.05) is 26.1 Å². The van der Waals surface area contributed by atoms with Crippen molar-refractivity contribution >= 4 is 5.95 Å². The lowest BCUT2D eigenvalue weighted by atomic mass is 10.2. The summed E-state index contributed by atoms with van der Waals surface area (Å²) in [5.41, 5.74) is 2.18. The Hall–Kier alpha value is -2.14. The molecule has 0 unspecified atom stereocenters. The average molecular weight is 272 g/mol. The molecule has 0 bridgehead atoms. The van der Waals surface area contributed by atoms with Crippen LogP contribution < -0.4 is 15.0 Å². The normalized spacial score (nSPS) is 10.3. The lowest BCUT2D eigenvalue weighted by Crippen LogP contribution is -2.19. The molecule has 5 heteroatoms. The third kappa shape index (κ3) is 3.45. The number of methoxy groups -OCH3 is 1. The van der Waals surface area contributed by atoms with Crippen molar-refractivity contribution in [1.82, 2.24) is 15.3 Å². The molecular formula is C15H20N4O. The van der Waals surface area contributed by atoms with Crippen molar-refractivity contribution in [3.05, 3.63) is 47.8 Å². The maximum absolute atomic E-state index is 5.36. The monoisotopic (exact) mass is 272 g/mol. The van der Waals surface area contributed by atoms with E-state index in [9.17, 15) is 0 Å². The van der Waals surface area contributed by atoms with Gasteiger partial charge < -0.3 is 15.0 Å². The molecule has 0 saturated carbocycles. The molecule has 5 nitrogen and oxygen atoms in total. The van der Waals surface area contributed by atoms with E-state index in [1.807, 2.05) is 55.7 Å². The zero-order chi connectivity index (χ0) is 14.4. The molecule has 0 aliphatic rings. The van der Waals surface area contributed by atoms with Crippen molar-refractivity contribution < 1.29 is 4.74 Å². The molecule has 0 spiro atoms. The molecule has 1 aromatic carbocycles. The molecule has 1 aromatic heterocycles. The van der Waals surface area contributed by atoms with E-state index < -0.39 is 0 Å². The number of anilines is 1. The number of rotatable bonds is 6. The van der Waals surface area contributed by atoms with Gasteiger partial charge in [-0.2, -0.15) is 0 Å². The van der Waals surface area contributed by atoms with E-state index in [0.717, 1.165) is 23.4 Å². The van der Waals surface area contributed by atoms with Crippen molar-refractivity contribution in [1.29, 1.82) is 0 Å². The number of benzene rings is 1. The summed E-state index contributed by atoms with van der Waals surface area (Å²) < 4.78 is 5.36. The van der Waals surface area contributed by atoms with Gasteiger partial charge in [0.25, 0.3) is 0 Å². The number of ether oxygens (including phenoxy) is 1. The molecule has 20 heavy (non-hydrogen) atoms. The number of hydrogen-bond acceptors (Lipinski definition) is 5. The quantitative estimate of drug-likeness (QED) is 0.869. The molecule has 0 atom stereocenters. The maximum Gasteiger partial charge on any atom is 0.225 e. The van der Waals surface area contributed by atoms with Gasteiger partial charge in [-0.15, -0.1) is 0 Å². The van der Waals surface area contributed by atoms with E-state index >= 15 is 0 Å². The van der Waals surface area contributed by atoms with Gasteiger partial charge in [0.15, 0.2) is 0 Å². The zero-order valence-corrected chi connectivity index (χ0v) is 12.1. The van der Waals surface area contributed by atoms with Gasteiger partial charge in [0.1, 0.15) is 5.75 Å². The molecule has 0 radical (unpaired) electrons. The van der Waals surface area contributed by atoms with E-state index in [2.05, 4.69) is 15.3 Å². The number of hydrogen-bond donors (Lipinski definition) is 1. The smallest absolute Gasteiger partial charge is 0.225 e. The molecule has 0 amide bonds. The van der Waals surface area contributed by atoms with Crippen LogP contribution in [-0.2, 0) is 13.1 Å². The summed E-state index contributed by atoms with van der Waals surface area (Å²) in [5, 5.41) is 3.08. The van der Waals surface area contributed by atoms with Crippen LogP contribution >= 0.6 is 0 Å². The number of nitrogens with one attached hydrogen (secondary N) is 1. The number of nitrogens with zero attached hydrogens (tertiary/aromatic N) is 3. The second-order valence-corrected chi connectivity index (χ2v) is 4.59. The van der Waals surface area contributed by atoms with E-state index in [0.29, 0.717) is 12.5 Å². The Kier molecular flexibility index (Phi) is 4.90. The molecule has 0 aliphatic carbocycles. The fourth-order valence-corrected chi connectivity index (χ4v) is 2.00. The molecule has 0 fully saturated rings. The number of aromatic nitrogens is 2. The Morgan fingerprint density at radius 3 is 2.55 bits per heavy atom. The minimum Gasteiger partial charge on any atom is -0.496 e. The Morgan fingerprint density at radius 2 is 1.90 bits per heavy atom. The van der Waals surface area contributed by atoms with Crippen molar-refractivity contribution in [3.63, 3.8) is 0 Å². The van der Waals surface area contributed by atoms with Crippen LogP contribution in [0.25, 0.3) is 0 Å². The standard InChI is InChI=1S/C15H20N4O/c1-16-8-12-9-17-15(18-10-12)19(2)11-13-6-4-5-7-14(13)20-3/h4-7,9-10,16H,8,11H2,1-3H3. The Morgan fingerprint density at radius 1 is 1.20 bits per heavy atom. The minimum absolute atomic E-state index is 0.704. The SMILES string of the molecule is CNCc1cnc(N(C)Cc2ccccc2OC)nc1. The third-order valence-electron chi connectivity index (χ3n) is 3.01. The number of para-hydroxylation sites is 1. The van der Waals surface area contributed by atoms with Gasteiger partial charge in [0, 0.05) is 43.7 Å². The summed E-state index contributed by atoms with van der Waals surface area (Å²) in [5.74, 6) is 1.59. The third-order valence-corrected chi connectivity index (χ3v) is 3.01. The molecule has 0 aliphatic heterocycles. The van der Waals surface area contributed by atoms with Crippen LogP contribution in [0, 0.1) is 0 Å². The molecule has 2 aromatic rings. The van der Waals surface area contributed by atoms with Gasteiger partial charge in [-0.05, 0) is 13.1 Å². The van der Waals surface area contributed by atoms with Gasteiger partial charge in [0.05, 0.1) is 7.11 Å². The van der Waals surface area contributed by atoms with Gasteiger partial charge in [0.2, 0.25) is 5.95 Å². The fraction of sp³-hybridized carbons (Fsp3) is 0.333. The van der Waals surface area contributed by atoms with Crippen LogP contribution in [0.5, 0.6) is 5.75 Å². The zero-order valence-electron chi connectivity index (χ0n) is 12.1. The summed E-state index contributed by atoms with van der Waals surface area (Å²) in [6.07, 6.45) is 3.69. The van der Waals surface area contributed by atoms with Gasteiger partial charge in [-0.1, -0.05) is 18.2 Å². The lowest BCUT2D eigenvalue weighted by Gasteiger charge is -2.18. The van der Waals surface area contributed by atoms with Gasteiger partial charge >= 0.3 is 0 Å². The van der Waals surface area contributed by atoms with Crippen molar-refractivity contribution in [2.24, 2.45) is 0 Å². The highest BCUT2D eigenvalue weighted by molar-refractivity contribution is 5.38. The second-order valence-electron chi connectivity index (χ2n) is 4.59. The summed E-state index contributed by atoms with van der Waals surface area (Å²) >= 11 is 0. The summed E-state index contributed by atoms with van der Waals surface area (Å²) in [6, 6.07) is 7.97. The first-order valence-electron chi connectivity index (χ1n) is 6.53. The topological polar surface area (TPSA) is 50.3 Å². The highest BCUT2D eigenvalue weighted by Gasteiger charge is 2.08. The molecule has 106 valence electrons. The van der Waals surface area contributed by atoms with Crippen LogP contribution in [-0.4, -0.2) is 31.2 Å². The first-order valence-corrected chi connectivity index (χ1v) is 6.53. The Labute approximate surface area is 119 Å². The Balaban J connectivity index is 2.09. The minimum atomic E-state index is 0.704. The Bertz CT molecular complexity index is 542. The van der Waals surface area contributed by atoms with Crippen LogP contribution in [0.15, 0.2) is 36.7 Å². The van der Waals surface area contributed by atoms with Crippen LogP contribution in [0.1, 0.15) is 11.1 Å². The average Bonchev–Trinajstić information content (AvgIpc) is 2.49. The predicted molar refractivity (Wildman–Crippen MR) is 79.9 cm³/mol. The predicted octanol–water partition coefficient (Wildman–Crippen LogP) is 1.84. The first-order chi connectivity index (χ1) is 9.74. The van der Waals surface area contributed by atoms with Gasteiger partial charge in [-0.3, -0.25) is 0 Å². The highest BCUT2D eigenvalue weighted by atomic mass is 16.5. The first kappa shape index (κ1) is 14.3. The molecule has 1 heterocycles. The largest absolute Gasteiger partial charge is 0.496 e. The summed E-state index contributed by atoms with van der Waals surface area (Å²) in [6.45, 7) is 1.48. The highest BCUT2D eigenvalue weighted by Crippen LogP contribution is 2.20. The van der Waals surface area contributed by atoms with E-state index in [1.54, 1.807) is 7.11 Å². The fourth-order valence-electron chi connectivity index (χ4n) is 2.00. The van der Waals surface area contributed by atoms with E-state index in [-0.39, 0.29) is 0 Å². The molecule has 0 saturated heterocycles. The van der Waals surface area contributed by atoms with Crippen LogP contribution in [0.4, 0.5) is 5.95 Å².